The van der Waals surface area contributed by atoms with Gasteiger partial charge in [0.15, 0.2) is 18.1 Å². The summed E-state index contributed by atoms with van der Waals surface area (Å²) in [6, 6.07) is 3.40. The van der Waals surface area contributed by atoms with Gasteiger partial charge in [-0.2, -0.15) is 5.10 Å². The Morgan fingerprint density at radius 2 is 2.11 bits per heavy atom. The Balaban J connectivity index is 3.00. The second-order valence-corrected chi connectivity index (χ2v) is 4.25. The van der Waals surface area contributed by atoms with E-state index in [1.54, 1.807) is 12.1 Å². The summed E-state index contributed by atoms with van der Waals surface area (Å²) in [6.45, 7) is 2.13. The third-order valence-electron chi connectivity index (χ3n) is 2.15. The van der Waals surface area contributed by atoms with Crippen LogP contribution in [0.2, 0.25) is 0 Å². The Bertz CT molecular complexity index is 477. The lowest BCUT2D eigenvalue weighted by atomic mass is 10.2. The molecule has 6 nitrogen and oxygen atoms in total. The van der Waals surface area contributed by atoms with Gasteiger partial charge in [0.25, 0.3) is 0 Å². The lowest BCUT2D eigenvalue weighted by molar-refractivity contribution is -0.142. The molecule has 0 atom stereocenters. The zero-order valence-electron chi connectivity index (χ0n) is 10.7. The molecule has 0 aliphatic carbocycles. The molecule has 0 fully saturated rings. The number of hydrazone groups is 1. The molecule has 19 heavy (non-hydrogen) atoms. The van der Waals surface area contributed by atoms with Crippen LogP contribution < -0.4 is 15.3 Å². The molecule has 1 aromatic rings. The lowest BCUT2D eigenvalue weighted by Gasteiger charge is -2.13. The van der Waals surface area contributed by atoms with Crippen molar-refractivity contribution in [1.29, 1.82) is 0 Å². The highest BCUT2D eigenvalue weighted by atomic mass is 79.9. The number of esters is 1. The molecule has 104 valence electrons. The molecule has 0 aliphatic heterocycles. The number of nitrogens with zero attached hydrogens (tertiary/aromatic N) is 1. The molecule has 0 saturated carbocycles. The average molecular weight is 331 g/mol. The highest BCUT2D eigenvalue weighted by molar-refractivity contribution is 9.10. The Hall–Kier alpha value is -1.76. The fourth-order valence-corrected chi connectivity index (χ4v) is 1.73. The third kappa shape index (κ3) is 4.44. The normalized spacial score (nSPS) is 10.5. The predicted octanol–water partition coefficient (Wildman–Crippen LogP) is 1.69. The van der Waals surface area contributed by atoms with Crippen LogP contribution in [0.15, 0.2) is 21.7 Å². The van der Waals surface area contributed by atoms with Crippen molar-refractivity contribution in [3.05, 3.63) is 22.2 Å². The second-order valence-electron chi connectivity index (χ2n) is 3.40. The summed E-state index contributed by atoms with van der Waals surface area (Å²) in [6.07, 6.45) is 1.48. The fraction of sp³-hybridized carbons (Fsp3) is 0.333. The van der Waals surface area contributed by atoms with E-state index in [-0.39, 0.29) is 6.61 Å². The zero-order valence-corrected chi connectivity index (χ0v) is 12.3. The minimum absolute atomic E-state index is 0.187. The van der Waals surface area contributed by atoms with E-state index >= 15 is 0 Å². The third-order valence-corrected chi connectivity index (χ3v) is 2.84. The number of carbonyl (C=O) groups is 1. The van der Waals surface area contributed by atoms with Crippen molar-refractivity contribution in [3.8, 4) is 11.5 Å². The van der Waals surface area contributed by atoms with Crippen LogP contribution in [0.5, 0.6) is 11.5 Å². The average Bonchev–Trinajstić information content (AvgIpc) is 2.40. The molecular weight excluding hydrogens is 316 g/mol. The van der Waals surface area contributed by atoms with E-state index in [0.717, 1.165) is 10.0 Å². The molecule has 0 bridgehead atoms. The first kappa shape index (κ1) is 15.3. The van der Waals surface area contributed by atoms with Gasteiger partial charge >= 0.3 is 5.97 Å². The molecule has 0 aromatic heterocycles. The van der Waals surface area contributed by atoms with E-state index in [1.807, 2.05) is 6.92 Å². The van der Waals surface area contributed by atoms with Crippen molar-refractivity contribution in [2.45, 2.75) is 6.92 Å². The Morgan fingerprint density at radius 3 is 2.68 bits per heavy atom. The minimum atomic E-state index is -0.467. The van der Waals surface area contributed by atoms with E-state index in [4.69, 9.17) is 15.3 Å². The maximum atomic E-state index is 11.1. The fourth-order valence-electron chi connectivity index (χ4n) is 1.31. The van der Waals surface area contributed by atoms with Crippen molar-refractivity contribution in [2.24, 2.45) is 10.9 Å². The molecule has 0 unspecified atom stereocenters. The predicted molar refractivity (Wildman–Crippen MR) is 74.6 cm³/mol. The van der Waals surface area contributed by atoms with Gasteiger partial charge in [-0.15, -0.1) is 0 Å². The minimum Gasteiger partial charge on any atom is -0.490 e. The van der Waals surface area contributed by atoms with Crippen LogP contribution in [-0.4, -0.2) is 32.5 Å². The molecule has 0 heterocycles. The number of carbonyl (C=O) groups excluding carboxylic acids is 1. The number of methoxy groups -OCH3 is 1. The van der Waals surface area contributed by atoms with Gasteiger partial charge in [-0.1, -0.05) is 0 Å². The molecule has 0 saturated heterocycles. The molecule has 1 rings (SSSR count). The molecule has 7 heteroatoms. The molecule has 0 aliphatic rings. The van der Waals surface area contributed by atoms with Crippen molar-refractivity contribution in [3.63, 3.8) is 0 Å². The van der Waals surface area contributed by atoms with Gasteiger partial charge in [-0.25, -0.2) is 4.79 Å². The maximum absolute atomic E-state index is 11.1. The van der Waals surface area contributed by atoms with E-state index in [0.29, 0.717) is 18.1 Å². The van der Waals surface area contributed by atoms with Crippen LogP contribution in [0.25, 0.3) is 0 Å². The first-order chi connectivity index (χ1) is 9.12. The summed E-state index contributed by atoms with van der Waals surface area (Å²) in [4.78, 5) is 11.1. The van der Waals surface area contributed by atoms with Crippen LogP contribution in [0, 0.1) is 0 Å². The molecule has 0 amide bonds. The van der Waals surface area contributed by atoms with E-state index < -0.39 is 5.97 Å². The summed E-state index contributed by atoms with van der Waals surface area (Å²) in [5, 5.41) is 3.46. The van der Waals surface area contributed by atoms with Crippen LogP contribution in [-0.2, 0) is 9.53 Å². The largest absolute Gasteiger partial charge is 0.490 e. The first-order valence-corrected chi connectivity index (χ1v) is 6.30. The van der Waals surface area contributed by atoms with Gasteiger partial charge in [-0.05, 0) is 35.0 Å². The monoisotopic (exact) mass is 330 g/mol. The van der Waals surface area contributed by atoms with Crippen LogP contribution in [0.3, 0.4) is 0 Å². The Morgan fingerprint density at radius 1 is 1.42 bits per heavy atom. The quantitative estimate of drug-likeness (QED) is 0.371. The Kier molecular flexibility index (Phi) is 6.14. The Labute approximate surface area is 119 Å². The topological polar surface area (TPSA) is 83.1 Å². The number of ether oxygens (including phenoxy) is 3. The van der Waals surface area contributed by atoms with Crippen LogP contribution in [0.1, 0.15) is 12.5 Å². The van der Waals surface area contributed by atoms with Gasteiger partial charge in [0.05, 0.1) is 19.9 Å². The van der Waals surface area contributed by atoms with Crippen LogP contribution >= 0.6 is 15.9 Å². The van der Waals surface area contributed by atoms with Gasteiger partial charge in [-0.3, -0.25) is 0 Å². The smallest absolute Gasteiger partial charge is 0.343 e. The van der Waals surface area contributed by atoms with Crippen molar-refractivity contribution in [1.82, 2.24) is 0 Å². The highest BCUT2D eigenvalue weighted by Crippen LogP contribution is 2.33. The second kappa shape index (κ2) is 7.63. The SMILES string of the molecule is CCOc1cc(C=NN)c(Br)cc1OCC(=O)OC. The lowest BCUT2D eigenvalue weighted by Crippen LogP contribution is -2.13. The van der Waals surface area contributed by atoms with Gasteiger partial charge in [0.1, 0.15) is 0 Å². The number of nitrogens with two attached hydrogens (primary N) is 1. The molecular formula is C12H15BrN2O4. The number of hydrogen-bond donors (Lipinski definition) is 1. The van der Waals surface area contributed by atoms with Gasteiger partial charge in [0.2, 0.25) is 0 Å². The molecule has 0 spiro atoms. The van der Waals surface area contributed by atoms with Crippen molar-refractivity contribution < 1.29 is 19.0 Å². The van der Waals surface area contributed by atoms with Gasteiger partial charge < -0.3 is 20.1 Å². The number of halogens is 1. The highest BCUT2D eigenvalue weighted by Gasteiger charge is 2.11. The van der Waals surface area contributed by atoms with Gasteiger partial charge in [0, 0.05) is 10.0 Å². The maximum Gasteiger partial charge on any atom is 0.343 e. The summed E-state index contributed by atoms with van der Waals surface area (Å²) in [5.74, 6) is 5.60. The van der Waals surface area contributed by atoms with Crippen molar-refractivity contribution in [2.75, 3.05) is 20.3 Å². The summed E-state index contributed by atoms with van der Waals surface area (Å²) in [7, 11) is 1.30. The van der Waals surface area contributed by atoms with E-state index in [1.165, 1.54) is 13.3 Å². The van der Waals surface area contributed by atoms with Crippen molar-refractivity contribution >= 4 is 28.1 Å². The summed E-state index contributed by atoms with van der Waals surface area (Å²) >= 11 is 3.36. The van der Waals surface area contributed by atoms with E-state index in [9.17, 15) is 4.79 Å². The van der Waals surface area contributed by atoms with Crippen LogP contribution in [0.4, 0.5) is 0 Å². The number of rotatable bonds is 6. The molecule has 2 N–H and O–H groups in total. The van der Waals surface area contributed by atoms with E-state index in [2.05, 4.69) is 25.8 Å². The first-order valence-electron chi connectivity index (χ1n) is 5.51. The number of hydrogen-bond acceptors (Lipinski definition) is 6. The summed E-state index contributed by atoms with van der Waals surface area (Å²) in [5.41, 5.74) is 0.747. The molecule has 0 radical (unpaired) electrons. The summed E-state index contributed by atoms with van der Waals surface area (Å²) < 4.78 is 16.0. The number of benzene rings is 1. The zero-order chi connectivity index (χ0) is 14.3. The molecule has 1 aromatic carbocycles. The standard InChI is InChI=1S/C12H15BrN2O4/c1-3-18-10-4-8(6-15-14)9(13)5-11(10)19-7-12(16)17-2/h4-6H,3,7,14H2,1-2H3.